The molecule has 0 spiro atoms. The van der Waals surface area contributed by atoms with Crippen molar-refractivity contribution in [3.63, 3.8) is 0 Å². The van der Waals surface area contributed by atoms with Crippen LogP contribution >= 0.6 is 0 Å². The van der Waals surface area contributed by atoms with Crippen molar-refractivity contribution >= 4 is 5.97 Å². The summed E-state index contributed by atoms with van der Waals surface area (Å²) in [6.45, 7) is 2.28. The molecule has 0 unspecified atom stereocenters. The Morgan fingerprint density at radius 1 is 0.652 bits per heavy atom. The zero-order chi connectivity index (χ0) is 17.0. The first-order valence-electron chi connectivity index (χ1n) is 10.1. The van der Waals surface area contributed by atoms with E-state index in [0.717, 1.165) is 19.3 Å². The van der Waals surface area contributed by atoms with Gasteiger partial charge in [0.25, 0.3) is 0 Å². The fourth-order valence-electron chi connectivity index (χ4n) is 2.88. The standard InChI is InChI=1S/C21H40O2/c1-2-3-4-5-6-7-8-9-10-11-12-13-14-15-16-17-18-19-20-21(22)23/h15-16H,2-14,17-20H2,1H3,(H,22,23). The molecule has 2 nitrogen and oxygen atoms in total. The fraction of sp³-hybridized carbons (Fsp3) is 0.857. The van der Waals surface area contributed by atoms with Crippen LogP contribution in [0.1, 0.15) is 116 Å². The first-order valence-corrected chi connectivity index (χ1v) is 10.1. The van der Waals surface area contributed by atoms with E-state index < -0.39 is 5.97 Å². The average Bonchev–Trinajstić information content (AvgIpc) is 2.53. The van der Waals surface area contributed by atoms with Gasteiger partial charge >= 0.3 is 5.97 Å². The third kappa shape index (κ3) is 21.2. The van der Waals surface area contributed by atoms with E-state index in [2.05, 4.69) is 19.1 Å². The molecule has 0 aliphatic heterocycles. The maximum atomic E-state index is 10.4. The van der Waals surface area contributed by atoms with E-state index >= 15 is 0 Å². The second kappa shape index (κ2) is 19.3. The van der Waals surface area contributed by atoms with Gasteiger partial charge in [0.05, 0.1) is 0 Å². The number of hydrogen-bond acceptors (Lipinski definition) is 1. The van der Waals surface area contributed by atoms with Crippen molar-refractivity contribution in [2.45, 2.75) is 116 Å². The Hall–Kier alpha value is -0.790. The smallest absolute Gasteiger partial charge is 0.303 e. The molecule has 0 rings (SSSR count). The highest BCUT2D eigenvalue weighted by Gasteiger charge is 1.95. The van der Waals surface area contributed by atoms with Crippen molar-refractivity contribution < 1.29 is 9.90 Å². The summed E-state index contributed by atoms with van der Waals surface area (Å²) in [5, 5.41) is 8.53. The fourth-order valence-corrected chi connectivity index (χ4v) is 2.88. The van der Waals surface area contributed by atoms with Gasteiger partial charge in [-0.05, 0) is 32.1 Å². The highest BCUT2D eigenvalue weighted by atomic mass is 16.4. The van der Waals surface area contributed by atoms with Gasteiger partial charge < -0.3 is 5.11 Å². The number of unbranched alkanes of at least 4 members (excludes halogenated alkanes) is 14. The summed E-state index contributed by atoms with van der Waals surface area (Å²) in [6.07, 6.45) is 25.7. The van der Waals surface area contributed by atoms with Crippen LogP contribution in [-0.4, -0.2) is 11.1 Å². The van der Waals surface area contributed by atoms with E-state index in [1.807, 2.05) is 0 Å². The minimum atomic E-state index is -0.675. The molecule has 0 saturated heterocycles. The molecule has 136 valence electrons. The number of carbonyl (C=O) groups is 1. The molecule has 0 aromatic rings. The lowest BCUT2D eigenvalue weighted by Gasteiger charge is -2.02. The Bertz CT molecular complexity index is 271. The molecule has 0 fully saturated rings. The summed E-state index contributed by atoms with van der Waals surface area (Å²) >= 11 is 0. The minimum absolute atomic E-state index is 0.312. The maximum absolute atomic E-state index is 10.4. The van der Waals surface area contributed by atoms with Gasteiger partial charge in [0.1, 0.15) is 0 Å². The molecule has 0 aromatic heterocycles. The van der Waals surface area contributed by atoms with E-state index in [9.17, 15) is 4.79 Å². The largest absolute Gasteiger partial charge is 0.481 e. The maximum Gasteiger partial charge on any atom is 0.303 e. The Morgan fingerprint density at radius 3 is 1.48 bits per heavy atom. The molecule has 1 N–H and O–H groups in total. The lowest BCUT2D eigenvalue weighted by molar-refractivity contribution is -0.137. The predicted molar refractivity (Wildman–Crippen MR) is 101 cm³/mol. The normalized spacial score (nSPS) is 11.3. The summed E-state index contributed by atoms with van der Waals surface area (Å²) in [5.41, 5.74) is 0. The van der Waals surface area contributed by atoms with Crippen molar-refractivity contribution in [3.05, 3.63) is 12.2 Å². The van der Waals surface area contributed by atoms with E-state index in [4.69, 9.17) is 5.11 Å². The van der Waals surface area contributed by atoms with Gasteiger partial charge in [-0.3, -0.25) is 4.79 Å². The molecule has 0 radical (unpaired) electrons. The summed E-state index contributed by atoms with van der Waals surface area (Å²) in [4.78, 5) is 10.4. The first kappa shape index (κ1) is 22.2. The number of aliphatic carboxylic acids is 1. The SMILES string of the molecule is CCCCCCCCCCCCCCC=CCCCCC(=O)O. The van der Waals surface area contributed by atoms with Crippen molar-refractivity contribution in [1.82, 2.24) is 0 Å². The quantitative estimate of drug-likeness (QED) is 0.212. The third-order valence-corrected chi connectivity index (χ3v) is 4.40. The van der Waals surface area contributed by atoms with Crippen LogP contribution in [0.2, 0.25) is 0 Å². The van der Waals surface area contributed by atoms with Crippen molar-refractivity contribution in [3.8, 4) is 0 Å². The van der Waals surface area contributed by atoms with Gasteiger partial charge in [-0.15, -0.1) is 0 Å². The molecule has 0 saturated carbocycles. The highest BCUT2D eigenvalue weighted by Crippen LogP contribution is 2.12. The van der Waals surface area contributed by atoms with Crippen molar-refractivity contribution in [2.24, 2.45) is 0 Å². The molecule has 0 heterocycles. The van der Waals surface area contributed by atoms with Crippen LogP contribution in [0.3, 0.4) is 0 Å². The number of rotatable bonds is 18. The summed E-state index contributed by atoms with van der Waals surface area (Å²) in [7, 11) is 0. The molecule has 2 heteroatoms. The molecule has 0 aliphatic carbocycles. The van der Waals surface area contributed by atoms with Crippen LogP contribution in [-0.2, 0) is 4.79 Å². The Balaban J connectivity index is 3.06. The van der Waals surface area contributed by atoms with Crippen LogP contribution in [0.5, 0.6) is 0 Å². The second-order valence-corrected chi connectivity index (χ2v) is 6.79. The van der Waals surface area contributed by atoms with Gasteiger partial charge in [-0.2, -0.15) is 0 Å². The molecule has 23 heavy (non-hydrogen) atoms. The molecular formula is C21H40O2. The second-order valence-electron chi connectivity index (χ2n) is 6.79. The minimum Gasteiger partial charge on any atom is -0.481 e. The lowest BCUT2D eigenvalue weighted by Crippen LogP contribution is -1.92. The number of carboxylic acids is 1. The van der Waals surface area contributed by atoms with Crippen molar-refractivity contribution in [1.29, 1.82) is 0 Å². The van der Waals surface area contributed by atoms with Crippen LogP contribution in [0.15, 0.2) is 12.2 Å². The summed E-state index contributed by atoms with van der Waals surface area (Å²) < 4.78 is 0. The number of carboxylic acid groups (broad SMARTS) is 1. The monoisotopic (exact) mass is 324 g/mol. The van der Waals surface area contributed by atoms with Crippen LogP contribution in [0.4, 0.5) is 0 Å². The number of allylic oxidation sites excluding steroid dienone is 2. The Morgan fingerprint density at radius 2 is 1.04 bits per heavy atom. The van der Waals surface area contributed by atoms with Crippen LogP contribution < -0.4 is 0 Å². The zero-order valence-electron chi connectivity index (χ0n) is 15.5. The predicted octanol–water partition coefficient (Wildman–Crippen LogP) is 7.28. The Kier molecular flexibility index (Phi) is 18.6. The number of hydrogen-bond donors (Lipinski definition) is 1. The van der Waals surface area contributed by atoms with Gasteiger partial charge in [-0.1, -0.05) is 89.7 Å². The van der Waals surface area contributed by atoms with Gasteiger partial charge in [0, 0.05) is 6.42 Å². The molecule has 0 bridgehead atoms. The van der Waals surface area contributed by atoms with E-state index in [1.165, 1.54) is 83.5 Å². The molecule has 0 aliphatic rings. The van der Waals surface area contributed by atoms with E-state index in [-0.39, 0.29) is 0 Å². The average molecular weight is 325 g/mol. The Labute approximate surface area is 144 Å². The zero-order valence-corrected chi connectivity index (χ0v) is 15.5. The summed E-state index contributed by atoms with van der Waals surface area (Å²) in [6, 6.07) is 0. The van der Waals surface area contributed by atoms with Crippen molar-refractivity contribution in [2.75, 3.05) is 0 Å². The van der Waals surface area contributed by atoms with Crippen LogP contribution in [0.25, 0.3) is 0 Å². The molecule has 0 atom stereocenters. The van der Waals surface area contributed by atoms with E-state index in [1.54, 1.807) is 0 Å². The first-order chi connectivity index (χ1) is 11.3. The van der Waals surface area contributed by atoms with E-state index in [0.29, 0.717) is 6.42 Å². The van der Waals surface area contributed by atoms with Crippen LogP contribution in [0, 0.1) is 0 Å². The highest BCUT2D eigenvalue weighted by molar-refractivity contribution is 5.66. The molecular weight excluding hydrogens is 284 g/mol. The van der Waals surface area contributed by atoms with Gasteiger partial charge in [-0.25, -0.2) is 0 Å². The molecule has 0 amide bonds. The third-order valence-electron chi connectivity index (χ3n) is 4.40. The topological polar surface area (TPSA) is 37.3 Å². The molecule has 0 aromatic carbocycles. The van der Waals surface area contributed by atoms with Gasteiger partial charge in [0.15, 0.2) is 0 Å². The summed E-state index contributed by atoms with van der Waals surface area (Å²) in [5.74, 6) is -0.675. The lowest BCUT2D eigenvalue weighted by atomic mass is 10.0. The van der Waals surface area contributed by atoms with Gasteiger partial charge in [0.2, 0.25) is 0 Å².